The van der Waals surface area contributed by atoms with Gasteiger partial charge < -0.3 is 14.7 Å². The van der Waals surface area contributed by atoms with Crippen LogP contribution >= 0.6 is 11.3 Å². The average Bonchev–Trinajstić information content (AvgIpc) is 3.15. The fourth-order valence-corrected chi connectivity index (χ4v) is 5.42. The van der Waals surface area contributed by atoms with Crippen molar-refractivity contribution in [2.24, 2.45) is 5.92 Å². The van der Waals surface area contributed by atoms with Gasteiger partial charge in [-0.05, 0) is 48.8 Å². The van der Waals surface area contributed by atoms with Crippen LogP contribution in [0, 0.1) is 5.92 Å². The van der Waals surface area contributed by atoms with E-state index in [0.717, 1.165) is 54.9 Å². The molecular weight excluding hydrogens is 374 g/mol. The number of nitrogens with zero attached hydrogens (tertiary/aromatic N) is 1. The van der Waals surface area contributed by atoms with Crippen LogP contribution in [0.2, 0.25) is 0 Å². The van der Waals surface area contributed by atoms with Crippen LogP contribution in [0.15, 0.2) is 36.4 Å². The van der Waals surface area contributed by atoms with Crippen molar-refractivity contribution in [3.63, 3.8) is 0 Å². The summed E-state index contributed by atoms with van der Waals surface area (Å²) < 4.78 is 5.49. The predicted molar refractivity (Wildman–Crippen MR) is 108 cm³/mol. The van der Waals surface area contributed by atoms with Crippen molar-refractivity contribution in [1.82, 2.24) is 4.90 Å². The van der Waals surface area contributed by atoms with Gasteiger partial charge in [0.1, 0.15) is 4.88 Å². The molecule has 28 heavy (non-hydrogen) atoms. The minimum Gasteiger partial charge on any atom is -0.477 e. The second kappa shape index (κ2) is 8.45. The molecule has 1 unspecified atom stereocenters. The number of aromatic carboxylic acids is 1. The fourth-order valence-electron chi connectivity index (χ4n) is 4.40. The van der Waals surface area contributed by atoms with Gasteiger partial charge in [-0.25, -0.2) is 4.79 Å². The lowest BCUT2D eigenvalue weighted by Crippen LogP contribution is -2.48. The van der Waals surface area contributed by atoms with E-state index in [1.54, 1.807) is 0 Å². The Hall–Kier alpha value is -2.18. The molecular formula is C22H25NO4S. The third-order valence-electron chi connectivity index (χ3n) is 5.82. The summed E-state index contributed by atoms with van der Waals surface area (Å²) in [6.07, 6.45) is 4.41. The van der Waals surface area contributed by atoms with Gasteiger partial charge in [-0.1, -0.05) is 30.3 Å². The molecule has 4 rings (SSSR count). The highest BCUT2D eigenvalue weighted by atomic mass is 32.1. The van der Waals surface area contributed by atoms with E-state index >= 15 is 0 Å². The molecule has 1 aromatic carbocycles. The molecule has 2 aromatic rings. The summed E-state index contributed by atoms with van der Waals surface area (Å²) >= 11 is 1.29. The number of likely N-dealkylation sites (tertiary alicyclic amines) is 1. The highest BCUT2D eigenvalue weighted by Gasteiger charge is 2.35. The number of rotatable bonds is 5. The lowest BCUT2D eigenvalue weighted by Gasteiger charge is -2.41. The van der Waals surface area contributed by atoms with Gasteiger partial charge in [0.2, 0.25) is 5.91 Å². The monoisotopic (exact) mass is 399 g/mol. The van der Waals surface area contributed by atoms with Crippen LogP contribution in [0.3, 0.4) is 0 Å². The summed E-state index contributed by atoms with van der Waals surface area (Å²) in [6, 6.07) is 11.9. The van der Waals surface area contributed by atoms with Crippen LogP contribution < -0.4 is 0 Å². The van der Waals surface area contributed by atoms with Crippen molar-refractivity contribution in [1.29, 1.82) is 0 Å². The van der Waals surface area contributed by atoms with Gasteiger partial charge in [0.15, 0.2) is 0 Å². The number of carboxylic acid groups (broad SMARTS) is 1. The Morgan fingerprint density at radius 3 is 2.64 bits per heavy atom. The third kappa shape index (κ3) is 3.98. The number of thiophene rings is 1. The maximum atomic E-state index is 12.8. The average molecular weight is 400 g/mol. The molecule has 5 nitrogen and oxygen atoms in total. The highest BCUT2D eigenvalue weighted by Crippen LogP contribution is 2.36. The zero-order valence-corrected chi connectivity index (χ0v) is 16.6. The van der Waals surface area contributed by atoms with Gasteiger partial charge in [-0.15, -0.1) is 11.3 Å². The quantitative estimate of drug-likeness (QED) is 0.808. The Morgan fingerprint density at radius 2 is 1.93 bits per heavy atom. The molecule has 0 bridgehead atoms. The van der Waals surface area contributed by atoms with Crippen molar-refractivity contribution in [3.05, 3.63) is 46.8 Å². The van der Waals surface area contributed by atoms with Crippen LogP contribution in [0.25, 0.3) is 10.4 Å². The normalized spacial score (nSPS) is 21.1. The van der Waals surface area contributed by atoms with E-state index in [1.165, 1.54) is 11.3 Å². The summed E-state index contributed by atoms with van der Waals surface area (Å²) in [5, 5.41) is 9.73. The first kappa shape index (κ1) is 19.2. The molecule has 1 amide bonds. The highest BCUT2D eigenvalue weighted by molar-refractivity contribution is 7.17. The van der Waals surface area contributed by atoms with Crippen LogP contribution in [-0.2, 0) is 16.1 Å². The second-order valence-corrected chi connectivity index (χ2v) is 8.62. The van der Waals surface area contributed by atoms with E-state index < -0.39 is 5.97 Å². The Kier molecular flexibility index (Phi) is 5.78. The summed E-state index contributed by atoms with van der Waals surface area (Å²) in [5.74, 6) is -0.334. The molecule has 2 saturated heterocycles. The number of piperidine rings is 1. The number of carbonyl (C=O) groups is 2. The molecule has 2 aliphatic rings. The first-order chi connectivity index (χ1) is 13.6. The smallest absolute Gasteiger partial charge is 0.346 e. The molecule has 0 radical (unpaired) electrons. The van der Waals surface area contributed by atoms with Crippen molar-refractivity contribution >= 4 is 23.2 Å². The summed E-state index contributed by atoms with van der Waals surface area (Å²) in [7, 11) is 0. The lowest BCUT2D eigenvalue weighted by atomic mass is 9.84. The Morgan fingerprint density at radius 1 is 1.18 bits per heavy atom. The molecule has 6 heteroatoms. The SMILES string of the molecule is O=C(O)c1sc(-c2ccccc2)cc1CN1C(=O)CCCC1C1CCOCC1. The molecule has 0 saturated carbocycles. The summed E-state index contributed by atoms with van der Waals surface area (Å²) in [5.41, 5.74) is 1.75. The number of ether oxygens (including phenoxy) is 1. The fraction of sp³-hybridized carbons (Fsp3) is 0.455. The second-order valence-electron chi connectivity index (χ2n) is 7.57. The standard InChI is InChI=1S/C22H25NO4S/c24-20-8-4-7-18(15-9-11-27-12-10-15)23(20)14-17-13-19(28-21(17)22(25)26)16-5-2-1-3-6-16/h1-3,5-6,13,15,18H,4,7-12,14H2,(H,25,26). The molecule has 148 valence electrons. The molecule has 1 atom stereocenters. The van der Waals surface area contributed by atoms with Gasteiger partial charge >= 0.3 is 5.97 Å². The van der Waals surface area contributed by atoms with Crippen LogP contribution in [0.5, 0.6) is 0 Å². The number of benzene rings is 1. The largest absolute Gasteiger partial charge is 0.477 e. The summed E-state index contributed by atoms with van der Waals surface area (Å²) in [4.78, 5) is 27.8. The van der Waals surface area contributed by atoms with Crippen molar-refractivity contribution in [2.75, 3.05) is 13.2 Å². The van der Waals surface area contributed by atoms with E-state index in [0.29, 0.717) is 23.8 Å². The van der Waals surface area contributed by atoms with Crippen LogP contribution in [-0.4, -0.2) is 41.1 Å². The Balaban J connectivity index is 1.63. The van der Waals surface area contributed by atoms with Gasteiger partial charge in [0.05, 0.1) is 0 Å². The van der Waals surface area contributed by atoms with E-state index in [1.807, 2.05) is 41.3 Å². The maximum absolute atomic E-state index is 12.8. The van der Waals surface area contributed by atoms with E-state index in [4.69, 9.17) is 4.74 Å². The van der Waals surface area contributed by atoms with Crippen molar-refractivity contribution < 1.29 is 19.4 Å². The topological polar surface area (TPSA) is 66.8 Å². The van der Waals surface area contributed by atoms with Crippen molar-refractivity contribution in [2.45, 2.75) is 44.7 Å². The molecule has 2 aliphatic heterocycles. The van der Waals surface area contributed by atoms with Gasteiger partial charge in [-0.3, -0.25) is 4.79 Å². The maximum Gasteiger partial charge on any atom is 0.346 e. The number of carboxylic acids is 1. The number of hydrogen-bond acceptors (Lipinski definition) is 4. The zero-order chi connectivity index (χ0) is 19.5. The number of hydrogen-bond donors (Lipinski definition) is 1. The number of carbonyl (C=O) groups excluding carboxylic acids is 1. The zero-order valence-electron chi connectivity index (χ0n) is 15.8. The molecule has 1 aromatic heterocycles. The molecule has 2 fully saturated rings. The first-order valence-corrected chi connectivity index (χ1v) is 10.7. The molecule has 3 heterocycles. The lowest BCUT2D eigenvalue weighted by molar-refractivity contribution is -0.140. The Bertz CT molecular complexity index is 841. The first-order valence-electron chi connectivity index (χ1n) is 9.92. The summed E-state index contributed by atoms with van der Waals surface area (Å²) in [6.45, 7) is 1.88. The minimum absolute atomic E-state index is 0.145. The third-order valence-corrected chi connectivity index (χ3v) is 7.04. The molecule has 0 aliphatic carbocycles. The van der Waals surface area contributed by atoms with Crippen LogP contribution in [0.1, 0.15) is 47.3 Å². The minimum atomic E-state index is -0.922. The predicted octanol–water partition coefficient (Wildman–Crippen LogP) is 4.42. The van der Waals surface area contributed by atoms with Crippen LogP contribution in [0.4, 0.5) is 0 Å². The van der Waals surface area contributed by atoms with Crippen molar-refractivity contribution in [3.8, 4) is 10.4 Å². The van der Waals surface area contributed by atoms with Gasteiger partial charge in [0.25, 0.3) is 0 Å². The van der Waals surface area contributed by atoms with E-state index in [9.17, 15) is 14.7 Å². The molecule has 0 spiro atoms. The van der Waals surface area contributed by atoms with Gasteiger partial charge in [-0.2, -0.15) is 0 Å². The number of amides is 1. The van der Waals surface area contributed by atoms with E-state index in [2.05, 4.69) is 0 Å². The molecule has 1 N–H and O–H groups in total. The Labute approximate surface area is 168 Å². The van der Waals surface area contributed by atoms with E-state index in [-0.39, 0.29) is 11.9 Å². The van der Waals surface area contributed by atoms with Gasteiger partial charge in [0, 0.05) is 37.1 Å².